The third-order valence-electron chi connectivity index (χ3n) is 5.17. The molecule has 1 aromatic rings. The van der Waals surface area contributed by atoms with Gasteiger partial charge in [0.05, 0.1) is 30.4 Å². The second-order valence-corrected chi connectivity index (χ2v) is 6.93. The van der Waals surface area contributed by atoms with Crippen molar-refractivity contribution in [2.75, 3.05) is 43.0 Å². The van der Waals surface area contributed by atoms with Crippen molar-refractivity contribution in [3.8, 4) is 0 Å². The van der Waals surface area contributed by atoms with Gasteiger partial charge in [-0.25, -0.2) is 0 Å². The van der Waals surface area contributed by atoms with Crippen LogP contribution in [-0.2, 0) is 19.1 Å². The van der Waals surface area contributed by atoms with Gasteiger partial charge < -0.3 is 19.9 Å². The van der Waals surface area contributed by atoms with E-state index in [0.717, 1.165) is 17.8 Å². The molecule has 7 heteroatoms. The highest BCUT2D eigenvalue weighted by Gasteiger charge is 2.28. The molecule has 3 rings (SSSR count). The molecule has 1 N–H and O–H groups in total. The van der Waals surface area contributed by atoms with Crippen molar-refractivity contribution in [1.29, 1.82) is 0 Å². The maximum Gasteiger partial charge on any atom is 0.309 e. The van der Waals surface area contributed by atoms with Crippen LogP contribution >= 0.6 is 0 Å². The van der Waals surface area contributed by atoms with E-state index in [0.29, 0.717) is 45.5 Å². The van der Waals surface area contributed by atoms with Crippen LogP contribution < -0.4 is 10.2 Å². The molecule has 146 valence electrons. The van der Waals surface area contributed by atoms with Crippen molar-refractivity contribution in [3.63, 3.8) is 0 Å². The van der Waals surface area contributed by atoms with Crippen LogP contribution in [0.1, 0.15) is 32.6 Å². The first-order valence-electron chi connectivity index (χ1n) is 9.67. The van der Waals surface area contributed by atoms with E-state index in [1.54, 1.807) is 16.7 Å². The number of hydrogen-bond donors (Lipinski definition) is 1. The van der Waals surface area contributed by atoms with Crippen molar-refractivity contribution in [3.05, 3.63) is 24.3 Å². The van der Waals surface area contributed by atoms with Gasteiger partial charge in [-0.05, 0) is 38.3 Å². The van der Waals surface area contributed by atoms with Gasteiger partial charge in [-0.1, -0.05) is 12.1 Å². The highest BCUT2D eigenvalue weighted by atomic mass is 16.5. The van der Waals surface area contributed by atoms with E-state index < -0.39 is 0 Å². The van der Waals surface area contributed by atoms with Gasteiger partial charge in [0.15, 0.2) is 0 Å². The molecule has 7 nitrogen and oxygen atoms in total. The van der Waals surface area contributed by atoms with Gasteiger partial charge in [0.25, 0.3) is 0 Å². The summed E-state index contributed by atoms with van der Waals surface area (Å²) in [5, 5.41) is 3.19. The summed E-state index contributed by atoms with van der Waals surface area (Å²) in [5.74, 6) is -0.146. The topological polar surface area (TPSA) is 79.0 Å². The Morgan fingerprint density at radius 3 is 2.59 bits per heavy atom. The van der Waals surface area contributed by atoms with Gasteiger partial charge in [0.1, 0.15) is 0 Å². The van der Waals surface area contributed by atoms with E-state index in [2.05, 4.69) is 5.32 Å². The first-order valence-corrected chi connectivity index (χ1v) is 9.67. The van der Waals surface area contributed by atoms with Crippen LogP contribution in [0.5, 0.6) is 0 Å². The fraction of sp³-hybridized carbons (Fsp3) is 0.550. The summed E-state index contributed by atoms with van der Waals surface area (Å²) >= 11 is 0. The van der Waals surface area contributed by atoms with Gasteiger partial charge in [-0.15, -0.1) is 0 Å². The van der Waals surface area contributed by atoms with Crippen LogP contribution in [0.4, 0.5) is 11.4 Å². The molecule has 0 aliphatic carbocycles. The Morgan fingerprint density at radius 1 is 1.19 bits per heavy atom. The predicted octanol–water partition coefficient (Wildman–Crippen LogP) is 2.03. The van der Waals surface area contributed by atoms with E-state index in [-0.39, 0.29) is 30.2 Å². The van der Waals surface area contributed by atoms with Crippen LogP contribution in [0.2, 0.25) is 0 Å². The van der Waals surface area contributed by atoms with Crippen LogP contribution in [0, 0.1) is 5.92 Å². The Balaban J connectivity index is 1.53. The molecule has 1 aromatic carbocycles. The summed E-state index contributed by atoms with van der Waals surface area (Å²) in [6.45, 7) is 4.21. The van der Waals surface area contributed by atoms with Crippen LogP contribution in [0.3, 0.4) is 0 Å². The molecule has 2 heterocycles. The van der Waals surface area contributed by atoms with Gasteiger partial charge in [0, 0.05) is 26.1 Å². The molecule has 0 bridgehead atoms. The van der Waals surface area contributed by atoms with Gasteiger partial charge in [0.2, 0.25) is 11.8 Å². The second kappa shape index (κ2) is 8.88. The van der Waals surface area contributed by atoms with Gasteiger partial charge in [-0.3, -0.25) is 14.4 Å². The minimum atomic E-state index is -0.160. The van der Waals surface area contributed by atoms with E-state index >= 15 is 0 Å². The predicted molar refractivity (Wildman–Crippen MR) is 102 cm³/mol. The number of benzene rings is 1. The van der Waals surface area contributed by atoms with Crippen molar-refractivity contribution < 1.29 is 19.1 Å². The standard InChI is InChI=1S/C20H27N3O4/c1-2-27-20(26)15-9-12-22(13-10-15)19(25)14-21-16-6-3-4-7-17(16)23-11-5-8-18(23)24/h3-4,6-7,15,21H,2,5,8-14H2,1H3. The molecule has 0 saturated carbocycles. The number of nitrogens with zero attached hydrogens (tertiary/aromatic N) is 2. The summed E-state index contributed by atoms with van der Waals surface area (Å²) in [5.41, 5.74) is 1.62. The highest BCUT2D eigenvalue weighted by Crippen LogP contribution is 2.29. The lowest BCUT2D eigenvalue weighted by atomic mass is 9.97. The minimum absolute atomic E-state index is 0.000129. The number of amides is 2. The lowest BCUT2D eigenvalue weighted by molar-refractivity contribution is -0.151. The number of para-hydroxylation sites is 2. The number of piperidine rings is 1. The zero-order valence-electron chi connectivity index (χ0n) is 15.8. The first kappa shape index (κ1) is 19.2. The Hall–Kier alpha value is -2.57. The molecule has 0 radical (unpaired) electrons. The summed E-state index contributed by atoms with van der Waals surface area (Å²) in [7, 11) is 0. The Labute approximate surface area is 159 Å². The number of rotatable bonds is 6. The molecule has 0 spiro atoms. The van der Waals surface area contributed by atoms with Crippen LogP contribution in [-0.4, -0.2) is 55.5 Å². The minimum Gasteiger partial charge on any atom is -0.466 e. The average Bonchev–Trinajstić information content (AvgIpc) is 3.12. The maximum atomic E-state index is 12.5. The number of anilines is 2. The molecule has 0 aromatic heterocycles. The number of esters is 1. The fourth-order valence-corrected chi connectivity index (χ4v) is 3.67. The van der Waals surface area contributed by atoms with Crippen molar-refractivity contribution in [2.24, 2.45) is 5.92 Å². The molecule has 0 unspecified atom stereocenters. The van der Waals surface area contributed by atoms with E-state index in [9.17, 15) is 14.4 Å². The van der Waals surface area contributed by atoms with E-state index in [4.69, 9.17) is 4.74 Å². The van der Waals surface area contributed by atoms with E-state index in [1.807, 2.05) is 24.3 Å². The zero-order chi connectivity index (χ0) is 19.2. The molecule has 2 aliphatic heterocycles. The van der Waals surface area contributed by atoms with Crippen molar-refractivity contribution >= 4 is 29.2 Å². The number of ether oxygens (including phenoxy) is 1. The van der Waals surface area contributed by atoms with Gasteiger partial charge >= 0.3 is 5.97 Å². The third kappa shape index (κ3) is 4.59. The number of nitrogens with one attached hydrogen (secondary N) is 1. The second-order valence-electron chi connectivity index (χ2n) is 6.93. The normalized spacial score (nSPS) is 17.9. The van der Waals surface area contributed by atoms with E-state index in [1.165, 1.54) is 0 Å². The maximum absolute atomic E-state index is 12.5. The molecule has 2 saturated heterocycles. The molecule has 2 amide bonds. The Bertz CT molecular complexity index is 698. The lowest BCUT2D eigenvalue weighted by Gasteiger charge is -2.31. The molecule has 2 fully saturated rings. The van der Waals surface area contributed by atoms with Crippen LogP contribution in [0.15, 0.2) is 24.3 Å². The largest absolute Gasteiger partial charge is 0.466 e. The Kier molecular flexibility index (Phi) is 6.32. The molecule has 2 aliphatic rings. The van der Waals surface area contributed by atoms with Crippen molar-refractivity contribution in [2.45, 2.75) is 32.6 Å². The average molecular weight is 373 g/mol. The fourth-order valence-electron chi connectivity index (χ4n) is 3.67. The summed E-state index contributed by atoms with van der Waals surface area (Å²) in [6.07, 6.45) is 2.72. The number of carbonyl (C=O) groups is 3. The zero-order valence-corrected chi connectivity index (χ0v) is 15.8. The molecular weight excluding hydrogens is 346 g/mol. The lowest BCUT2D eigenvalue weighted by Crippen LogP contribution is -2.43. The molecule has 27 heavy (non-hydrogen) atoms. The number of likely N-dealkylation sites (tertiary alicyclic amines) is 1. The highest BCUT2D eigenvalue weighted by molar-refractivity contribution is 5.98. The summed E-state index contributed by atoms with van der Waals surface area (Å²) < 4.78 is 5.07. The van der Waals surface area contributed by atoms with Crippen LogP contribution in [0.25, 0.3) is 0 Å². The first-order chi connectivity index (χ1) is 13.1. The third-order valence-corrected chi connectivity index (χ3v) is 5.17. The number of hydrogen-bond acceptors (Lipinski definition) is 5. The molecule has 0 atom stereocenters. The molecular formula is C20H27N3O4. The summed E-state index contributed by atoms with van der Waals surface area (Å²) in [6, 6.07) is 7.58. The monoisotopic (exact) mass is 373 g/mol. The van der Waals surface area contributed by atoms with Crippen molar-refractivity contribution in [1.82, 2.24) is 4.90 Å². The number of carbonyl (C=O) groups excluding carboxylic acids is 3. The SMILES string of the molecule is CCOC(=O)C1CCN(C(=O)CNc2ccccc2N2CCCC2=O)CC1. The quantitative estimate of drug-likeness (QED) is 0.772. The summed E-state index contributed by atoms with van der Waals surface area (Å²) in [4.78, 5) is 39.9. The Morgan fingerprint density at radius 2 is 1.93 bits per heavy atom. The smallest absolute Gasteiger partial charge is 0.309 e. The van der Waals surface area contributed by atoms with Gasteiger partial charge in [-0.2, -0.15) is 0 Å².